The third-order valence-electron chi connectivity index (χ3n) is 4.37. The van der Waals surface area contributed by atoms with E-state index in [0.29, 0.717) is 12.0 Å². The number of benzene rings is 1. The minimum absolute atomic E-state index is 0.0616. The zero-order chi connectivity index (χ0) is 12.8. The van der Waals surface area contributed by atoms with E-state index in [2.05, 4.69) is 0 Å². The molecular formula is C14H18ClNO2. The maximum Gasteiger partial charge on any atom is 0.122 e. The summed E-state index contributed by atoms with van der Waals surface area (Å²) in [6, 6.07) is 6.17. The Morgan fingerprint density at radius 3 is 2.61 bits per heavy atom. The maximum absolute atomic E-state index is 6.13. The Labute approximate surface area is 112 Å². The van der Waals surface area contributed by atoms with E-state index in [1.807, 2.05) is 18.2 Å². The number of halogens is 1. The van der Waals surface area contributed by atoms with Crippen LogP contribution in [-0.2, 0) is 10.2 Å². The van der Waals surface area contributed by atoms with E-state index >= 15 is 0 Å². The van der Waals surface area contributed by atoms with E-state index in [1.54, 1.807) is 7.11 Å². The van der Waals surface area contributed by atoms with Crippen molar-refractivity contribution in [2.24, 2.45) is 11.7 Å². The minimum Gasteiger partial charge on any atom is -0.496 e. The molecule has 1 heterocycles. The SMILES string of the molecule is COc1ccc(Cl)cc1C1(C2CC(N)C2)COC1. The van der Waals surface area contributed by atoms with Crippen LogP contribution in [0.4, 0.5) is 0 Å². The highest BCUT2D eigenvalue weighted by Crippen LogP contribution is 2.51. The van der Waals surface area contributed by atoms with Crippen molar-refractivity contribution >= 4 is 11.6 Å². The van der Waals surface area contributed by atoms with E-state index in [4.69, 9.17) is 26.8 Å². The highest BCUT2D eigenvalue weighted by atomic mass is 35.5. The normalized spacial score (nSPS) is 29.3. The van der Waals surface area contributed by atoms with Gasteiger partial charge in [0.1, 0.15) is 5.75 Å². The molecular weight excluding hydrogens is 250 g/mol. The van der Waals surface area contributed by atoms with Crippen molar-refractivity contribution in [1.82, 2.24) is 0 Å². The van der Waals surface area contributed by atoms with Gasteiger partial charge in [0, 0.05) is 22.0 Å². The predicted octanol–water partition coefficient (Wildman–Crippen LogP) is 2.35. The van der Waals surface area contributed by atoms with Crippen molar-refractivity contribution in [2.45, 2.75) is 24.3 Å². The summed E-state index contributed by atoms with van der Waals surface area (Å²) in [6.45, 7) is 1.50. The van der Waals surface area contributed by atoms with Crippen LogP contribution in [0.25, 0.3) is 0 Å². The maximum atomic E-state index is 6.13. The number of rotatable bonds is 3. The van der Waals surface area contributed by atoms with E-state index in [1.165, 1.54) is 5.56 Å². The first kappa shape index (κ1) is 12.3. The summed E-state index contributed by atoms with van der Waals surface area (Å²) in [5, 5.41) is 0.751. The molecule has 1 aromatic carbocycles. The average molecular weight is 268 g/mol. The van der Waals surface area contributed by atoms with Crippen LogP contribution in [0.2, 0.25) is 5.02 Å². The van der Waals surface area contributed by atoms with Crippen LogP contribution in [0.3, 0.4) is 0 Å². The Hall–Kier alpha value is -0.770. The van der Waals surface area contributed by atoms with E-state index in [0.717, 1.165) is 36.8 Å². The second-order valence-corrected chi connectivity index (χ2v) is 5.86. The van der Waals surface area contributed by atoms with E-state index < -0.39 is 0 Å². The molecule has 0 amide bonds. The second kappa shape index (κ2) is 4.41. The lowest BCUT2D eigenvalue weighted by atomic mass is 9.59. The van der Waals surface area contributed by atoms with Crippen molar-refractivity contribution in [1.29, 1.82) is 0 Å². The van der Waals surface area contributed by atoms with Gasteiger partial charge in [-0.05, 0) is 37.0 Å². The fourth-order valence-electron chi connectivity index (χ4n) is 3.12. The Kier molecular flexibility index (Phi) is 3.00. The minimum atomic E-state index is 0.0616. The predicted molar refractivity (Wildman–Crippen MR) is 71.2 cm³/mol. The number of nitrogens with two attached hydrogens (primary N) is 1. The number of hydrogen-bond donors (Lipinski definition) is 1. The Morgan fingerprint density at radius 1 is 1.39 bits per heavy atom. The molecule has 3 rings (SSSR count). The lowest BCUT2D eigenvalue weighted by Crippen LogP contribution is -2.58. The third-order valence-corrected chi connectivity index (χ3v) is 4.61. The van der Waals surface area contributed by atoms with Gasteiger partial charge in [-0.25, -0.2) is 0 Å². The second-order valence-electron chi connectivity index (χ2n) is 5.42. The fraction of sp³-hybridized carbons (Fsp3) is 0.571. The smallest absolute Gasteiger partial charge is 0.122 e. The van der Waals surface area contributed by atoms with Crippen molar-refractivity contribution in [3.8, 4) is 5.75 Å². The van der Waals surface area contributed by atoms with Crippen LogP contribution in [0.1, 0.15) is 18.4 Å². The molecule has 1 saturated carbocycles. The summed E-state index contributed by atoms with van der Waals surface area (Å²) in [7, 11) is 1.70. The standard InChI is InChI=1S/C14H18ClNO2/c1-17-13-3-2-10(15)6-12(13)14(7-18-8-14)9-4-11(16)5-9/h2-3,6,9,11H,4-5,7-8,16H2,1H3. The van der Waals surface area contributed by atoms with Crippen molar-refractivity contribution < 1.29 is 9.47 Å². The molecule has 0 radical (unpaired) electrons. The molecule has 18 heavy (non-hydrogen) atoms. The largest absolute Gasteiger partial charge is 0.496 e. The molecule has 0 spiro atoms. The molecule has 2 aliphatic rings. The van der Waals surface area contributed by atoms with Crippen LogP contribution in [0.5, 0.6) is 5.75 Å². The van der Waals surface area contributed by atoms with Gasteiger partial charge in [0.25, 0.3) is 0 Å². The van der Waals surface area contributed by atoms with Crippen molar-refractivity contribution in [2.75, 3.05) is 20.3 Å². The summed E-state index contributed by atoms with van der Waals surface area (Å²) in [5.41, 5.74) is 7.17. The van der Waals surface area contributed by atoms with Gasteiger partial charge < -0.3 is 15.2 Å². The average Bonchev–Trinajstić information content (AvgIpc) is 2.26. The van der Waals surface area contributed by atoms with Gasteiger partial charge in [0.15, 0.2) is 0 Å². The van der Waals surface area contributed by atoms with Crippen molar-refractivity contribution in [3.05, 3.63) is 28.8 Å². The fourth-order valence-corrected chi connectivity index (χ4v) is 3.29. The summed E-state index contributed by atoms with van der Waals surface area (Å²) in [4.78, 5) is 0. The molecule has 0 unspecified atom stereocenters. The van der Waals surface area contributed by atoms with Crippen molar-refractivity contribution in [3.63, 3.8) is 0 Å². The highest BCUT2D eigenvalue weighted by Gasteiger charge is 2.52. The molecule has 0 atom stereocenters. The van der Waals surface area contributed by atoms with Gasteiger partial charge in [-0.3, -0.25) is 0 Å². The Balaban J connectivity index is 1.98. The molecule has 98 valence electrons. The van der Waals surface area contributed by atoms with Crippen LogP contribution in [0.15, 0.2) is 18.2 Å². The molecule has 3 nitrogen and oxygen atoms in total. The molecule has 1 aliphatic heterocycles. The number of methoxy groups -OCH3 is 1. The monoisotopic (exact) mass is 267 g/mol. The topological polar surface area (TPSA) is 44.5 Å². The molecule has 1 saturated heterocycles. The molecule has 0 bridgehead atoms. The van der Waals surface area contributed by atoms with Gasteiger partial charge in [0.05, 0.1) is 20.3 Å². The molecule has 0 aromatic heterocycles. The summed E-state index contributed by atoms with van der Waals surface area (Å²) in [5.74, 6) is 1.50. The first-order valence-electron chi connectivity index (χ1n) is 6.33. The van der Waals surface area contributed by atoms with E-state index in [-0.39, 0.29) is 5.41 Å². The van der Waals surface area contributed by atoms with E-state index in [9.17, 15) is 0 Å². The van der Waals surface area contributed by atoms with Crippen LogP contribution < -0.4 is 10.5 Å². The summed E-state index contributed by atoms with van der Waals surface area (Å²) >= 11 is 6.13. The van der Waals surface area contributed by atoms with Gasteiger partial charge in [0.2, 0.25) is 0 Å². The molecule has 1 aliphatic carbocycles. The molecule has 4 heteroatoms. The molecule has 1 aromatic rings. The Morgan fingerprint density at radius 2 is 2.11 bits per heavy atom. The zero-order valence-electron chi connectivity index (χ0n) is 10.5. The third kappa shape index (κ3) is 1.73. The number of hydrogen-bond acceptors (Lipinski definition) is 3. The quantitative estimate of drug-likeness (QED) is 0.914. The zero-order valence-corrected chi connectivity index (χ0v) is 11.2. The summed E-state index contributed by atoms with van der Waals surface area (Å²) < 4.78 is 11.0. The van der Waals surface area contributed by atoms with Gasteiger partial charge in [-0.2, -0.15) is 0 Å². The molecule has 2 fully saturated rings. The Bertz CT molecular complexity index is 453. The van der Waals surface area contributed by atoms with Gasteiger partial charge >= 0.3 is 0 Å². The van der Waals surface area contributed by atoms with Crippen LogP contribution in [-0.4, -0.2) is 26.4 Å². The van der Waals surface area contributed by atoms with Crippen LogP contribution >= 0.6 is 11.6 Å². The highest BCUT2D eigenvalue weighted by molar-refractivity contribution is 6.30. The lowest BCUT2D eigenvalue weighted by molar-refractivity contribution is -0.111. The first-order chi connectivity index (χ1) is 8.65. The first-order valence-corrected chi connectivity index (χ1v) is 6.71. The molecule has 2 N–H and O–H groups in total. The summed E-state index contributed by atoms with van der Waals surface area (Å²) in [6.07, 6.45) is 2.14. The lowest BCUT2D eigenvalue weighted by Gasteiger charge is -2.53. The van der Waals surface area contributed by atoms with Crippen LogP contribution in [0, 0.1) is 5.92 Å². The van der Waals surface area contributed by atoms with Gasteiger partial charge in [-0.1, -0.05) is 11.6 Å². The van der Waals surface area contributed by atoms with Gasteiger partial charge in [-0.15, -0.1) is 0 Å². The number of ether oxygens (including phenoxy) is 2.